The van der Waals surface area contributed by atoms with Crippen LogP contribution in [0.2, 0.25) is 0 Å². The van der Waals surface area contributed by atoms with Crippen LogP contribution in [0.4, 0.5) is 78.4 Å². The van der Waals surface area contributed by atoms with E-state index in [1.807, 2.05) is 51.8 Å². The lowest BCUT2D eigenvalue weighted by Crippen LogP contribution is -2.15. The quantitative estimate of drug-likeness (QED) is 0.0140. The normalized spacial score (nSPS) is 11.6. The minimum atomic E-state index is -4.71. The van der Waals surface area contributed by atoms with Crippen LogP contribution in [0.25, 0.3) is 33.4 Å². The maximum atomic E-state index is 14.0. The summed E-state index contributed by atoms with van der Waals surface area (Å²) < 4.78 is 148. The third kappa shape index (κ3) is 20.1. The van der Waals surface area contributed by atoms with Crippen LogP contribution in [0.1, 0.15) is 74.8 Å². The summed E-state index contributed by atoms with van der Waals surface area (Å²) in [5.74, 6) is -1.06. The van der Waals surface area contributed by atoms with Crippen molar-refractivity contribution in [3.8, 4) is 33.4 Å². The average Bonchev–Trinajstić information content (AvgIpc) is 1.09. The number of nitrogens with two attached hydrogens (primary N) is 4. The summed E-state index contributed by atoms with van der Waals surface area (Å²) in [6, 6.07) is 37.0. The number of carbonyl (C=O) groups excluding carboxylic acids is 4. The van der Waals surface area contributed by atoms with Crippen molar-refractivity contribution in [3.63, 3.8) is 0 Å². The first-order valence-corrected chi connectivity index (χ1v) is 31.8. The fourth-order valence-corrected chi connectivity index (χ4v) is 9.23. The molecule has 10 nitrogen and oxygen atoms in total. The fourth-order valence-electron chi connectivity index (χ4n) is 8.35. The third-order valence-corrected chi connectivity index (χ3v) is 13.7. The number of anilines is 6. The van der Waals surface area contributed by atoms with Gasteiger partial charge in [-0.2, -0.15) is 39.5 Å². The van der Waals surface area contributed by atoms with E-state index in [-0.39, 0.29) is 56.4 Å². The van der Waals surface area contributed by atoms with Crippen molar-refractivity contribution in [1.29, 1.82) is 4.07 Å². The molecule has 1 unspecified atom stereocenters. The highest BCUT2D eigenvalue weighted by Crippen LogP contribution is 2.43. The van der Waals surface area contributed by atoms with E-state index in [1.54, 1.807) is 69.3 Å². The zero-order valence-corrected chi connectivity index (χ0v) is 53.2. The molecule has 0 aromatic heterocycles. The Hall–Kier alpha value is -6.78. The van der Waals surface area contributed by atoms with Crippen molar-refractivity contribution in [2.24, 2.45) is 0 Å². The van der Waals surface area contributed by atoms with Gasteiger partial charge in [-0.15, -0.1) is 0 Å². The standard InChI is InChI=1S/C36H28F6N4O2.C14H13F3N2.C10H8I2O2.CH4IP.BH.FH/c1-19-15-23(43)7-11-27(19)30-14-10-26(18-32(30)36(40,41)42)46-34(48)22-5-3-21(4-6-22)33(47)45-25-9-13-28(20(2)16-25)29-12-8-24(44)17-31(29)35(37,38)39;1-8-6-9(18)2-4-11(8)12-5-3-10(19)7-13(12)14(15,16)17;11-5-9(13)7-1-2-8(4-3-7)10(14)6-12;1-3-2;;/h3-18H,43-44H2,1-2H3,(H,45,47)(H,46,48);2-7H,18-19H2,1H3;1-4H,5-6H2;3H,1H3;2*1H/i;;;3T;1D;/hT. The number of nitrogen functional groups attached to an aromatic ring is 4. The van der Waals surface area contributed by atoms with Crippen LogP contribution in [0.3, 0.4) is 0 Å². The van der Waals surface area contributed by atoms with Crippen LogP contribution in [0, 0.1) is 20.8 Å². The molecule has 0 aliphatic heterocycles. The van der Waals surface area contributed by atoms with Gasteiger partial charge >= 0.3 is 18.5 Å². The molecule has 0 aliphatic rings. The molecule has 25 heteroatoms. The molecule has 1 atom stereocenters. The summed E-state index contributed by atoms with van der Waals surface area (Å²) in [6.45, 7) is 6.87. The minimum absolute atomic E-state index is 0.0224. The summed E-state index contributed by atoms with van der Waals surface area (Å²) in [6.07, 6.45) is -14.2. The molecule has 2 amide bonds. The predicted molar refractivity (Wildman–Crippen MR) is 356 cm³/mol. The topological polar surface area (TPSA) is 196 Å². The minimum Gasteiger partial charge on any atom is -0.399 e. The number of rotatable bonds is 11. The van der Waals surface area contributed by atoms with Gasteiger partial charge in [0.15, 0.2) is 11.6 Å². The van der Waals surface area contributed by atoms with Crippen molar-refractivity contribution >= 4 is 139 Å². The molecule has 0 spiro atoms. The number of Topliss-reactive ketones (excluding diaryl/α,β-unsaturated/α-hetero) is 2. The first-order chi connectivity index (χ1) is 41.7. The maximum absolute atomic E-state index is 14.0. The molecule has 0 saturated heterocycles. The molecule has 0 aliphatic carbocycles. The molecule has 8 aromatic carbocycles. The molecule has 0 bridgehead atoms. The van der Waals surface area contributed by atoms with Gasteiger partial charge in [-0.25, -0.2) is 0 Å². The lowest BCUT2D eigenvalue weighted by Gasteiger charge is -2.17. The Bertz CT molecular complexity index is 3700. The molecular formula is C61H55BF10I3N6O4P. The average molecular weight is 1550 g/mol. The van der Waals surface area contributed by atoms with Crippen molar-refractivity contribution in [3.05, 3.63) is 213 Å². The SMILES string of the molecule is Cc1cc(N)ccc1-c1ccc(N)cc1C(F)(F)F.Cc1cc(NC(=O)c2ccc(C(=O)Nc3ccc(-c4ccc(N)cc4C)c(C(F)(F)F)c3)cc2)ccc1-c1ccc(N)cc1C(F)(F)F.O=C(CI)c1ccc(C(=O)CI)cc1.[2H][B].[3H]F.[3H]P(C)I. The summed E-state index contributed by atoms with van der Waals surface area (Å²) >= 11 is 6.13. The second-order valence-electron chi connectivity index (χ2n) is 18.4. The fraction of sp³-hybridized carbons (Fsp3) is 0.148. The number of benzene rings is 8. The van der Waals surface area contributed by atoms with Crippen LogP contribution in [-0.2, 0) is 18.5 Å². The van der Waals surface area contributed by atoms with E-state index in [9.17, 15) is 58.7 Å². The molecule has 86 heavy (non-hydrogen) atoms. The Morgan fingerprint density at radius 3 is 1.00 bits per heavy atom. The van der Waals surface area contributed by atoms with E-state index in [1.165, 1.54) is 91.0 Å². The van der Waals surface area contributed by atoms with E-state index < -0.39 is 53.2 Å². The Labute approximate surface area is 537 Å². The molecule has 2 radical (unpaired) electrons. The smallest absolute Gasteiger partial charge is 0.399 e. The highest BCUT2D eigenvalue weighted by Gasteiger charge is 2.36. The van der Waals surface area contributed by atoms with Gasteiger partial charge in [0.25, 0.3) is 13.3 Å². The van der Waals surface area contributed by atoms with Crippen LogP contribution in [-0.4, -0.2) is 51.3 Å². The van der Waals surface area contributed by atoms with E-state index in [4.69, 9.17) is 30.3 Å². The van der Waals surface area contributed by atoms with E-state index in [2.05, 4.69) is 42.5 Å². The summed E-state index contributed by atoms with van der Waals surface area (Å²) in [5.41, 5.74) is 25.6. The molecule has 452 valence electrons. The largest absolute Gasteiger partial charge is 0.417 e. The monoisotopic (exact) mass is 1550 g/mol. The first kappa shape index (κ1) is 68.3. The molecule has 0 fully saturated rings. The molecular weight excluding hydrogens is 1490 g/mol. The van der Waals surface area contributed by atoms with Gasteiger partial charge in [-0.05, 0) is 176 Å². The number of halogens is 13. The van der Waals surface area contributed by atoms with E-state index in [0.717, 1.165) is 18.2 Å². The van der Waals surface area contributed by atoms with Crippen LogP contribution in [0.5, 0.6) is 0 Å². The van der Waals surface area contributed by atoms with Gasteiger partial charge in [0.05, 0.1) is 26.8 Å². The molecule has 8 aromatic rings. The Morgan fingerprint density at radius 1 is 0.465 bits per heavy atom. The Balaban J connectivity index is 0.000000409. The molecule has 10 N–H and O–H groups in total. The molecule has 8 rings (SSSR count). The number of ketones is 2. The molecule has 0 heterocycles. The van der Waals surface area contributed by atoms with Crippen molar-refractivity contribution in [2.75, 3.05) is 49.1 Å². The number of nitrogens with one attached hydrogen (secondary N) is 2. The first-order valence-electron chi connectivity index (χ1n) is 26.0. The van der Waals surface area contributed by atoms with Gasteiger partial charge in [-0.1, -0.05) is 134 Å². The summed E-state index contributed by atoms with van der Waals surface area (Å²) in [5, 5.41) is 5.14. The van der Waals surface area contributed by atoms with E-state index in [0.29, 0.717) is 70.4 Å². The second kappa shape index (κ2) is 32.3. The van der Waals surface area contributed by atoms with Gasteiger partial charge in [0, 0.05) is 64.8 Å². The number of hydrogen-bond acceptors (Lipinski definition) is 8. The van der Waals surface area contributed by atoms with Crippen molar-refractivity contribution < 1.29 is 63.4 Å². The number of carbonyl (C=O) groups is 4. The van der Waals surface area contributed by atoms with Crippen molar-refractivity contribution in [1.82, 2.24) is 0 Å². The lowest BCUT2D eigenvalue weighted by atomic mass is 9.94. The maximum Gasteiger partial charge on any atom is 0.417 e. The number of aryl methyl sites for hydroxylation is 3. The van der Waals surface area contributed by atoms with Gasteiger partial charge in [-0.3, -0.25) is 23.9 Å². The summed E-state index contributed by atoms with van der Waals surface area (Å²) in [7, 11) is 3.75. The van der Waals surface area contributed by atoms with Crippen LogP contribution < -0.4 is 33.6 Å². The highest BCUT2D eigenvalue weighted by atomic mass is 127. The lowest BCUT2D eigenvalue weighted by molar-refractivity contribution is -0.137. The third-order valence-electron chi connectivity index (χ3n) is 12.3. The number of alkyl halides is 11. The van der Waals surface area contributed by atoms with Crippen molar-refractivity contribution in [2.45, 2.75) is 39.3 Å². The highest BCUT2D eigenvalue weighted by molar-refractivity contribution is 14.2. The second-order valence-corrected chi connectivity index (χ2v) is 23.1. The van der Waals surface area contributed by atoms with Gasteiger partial charge in [0.1, 0.15) is 0 Å². The van der Waals surface area contributed by atoms with Gasteiger partial charge in [0.2, 0.25) is 0 Å². The van der Waals surface area contributed by atoms with Gasteiger partial charge < -0.3 is 33.6 Å². The van der Waals surface area contributed by atoms with Crippen LogP contribution in [0.15, 0.2) is 158 Å². The number of amides is 2. The number of hydrogen-bond donors (Lipinski definition) is 6. The zero-order valence-electron chi connectivity index (χ0n) is 48.8. The molecule has 0 saturated carbocycles. The predicted octanol–water partition coefficient (Wildman–Crippen LogP) is 17.3. The zero-order chi connectivity index (χ0) is 67.3. The van der Waals surface area contributed by atoms with Crippen LogP contribution >= 0.6 is 73.4 Å². The van der Waals surface area contributed by atoms with E-state index >= 15 is 0 Å². The summed E-state index contributed by atoms with van der Waals surface area (Å²) in [4.78, 5) is 48.4. The Kier molecular flexibility index (Phi) is 25.6. The Morgan fingerprint density at radius 2 is 0.709 bits per heavy atom.